The fourth-order valence-electron chi connectivity index (χ4n) is 2.74. The quantitative estimate of drug-likeness (QED) is 0.737. The Morgan fingerprint density at radius 2 is 1.90 bits per heavy atom. The standard InChI is InChI=1S/C13H26N2O3S.ClH/c1-2-8-19(17,18)10-13(16)15-12(9-14)11-6-4-3-5-7-11;/h11-12H,2-10,14H2,1H3,(H,15,16);1H. The Morgan fingerprint density at radius 3 is 2.40 bits per heavy atom. The highest BCUT2D eigenvalue weighted by atomic mass is 35.5. The third-order valence-corrected chi connectivity index (χ3v) is 5.42. The van der Waals surface area contributed by atoms with E-state index in [0.29, 0.717) is 18.9 Å². The fraction of sp³-hybridized carbons (Fsp3) is 0.923. The first-order chi connectivity index (χ1) is 8.98. The van der Waals surface area contributed by atoms with Gasteiger partial charge >= 0.3 is 0 Å². The second kappa shape index (κ2) is 9.58. The maximum Gasteiger partial charge on any atom is 0.235 e. The van der Waals surface area contributed by atoms with Crippen molar-refractivity contribution in [3.8, 4) is 0 Å². The van der Waals surface area contributed by atoms with Crippen molar-refractivity contribution in [2.75, 3.05) is 18.1 Å². The van der Waals surface area contributed by atoms with Gasteiger partial charge in [0.2, 0.25) is 5.91 Å². The maximum absolute atomic E-state index is 11.8. The Bertz CT molecular complexity index is 381. The molecule has 7 heteroatoms. The second-order valence-corrected chi connectivity index (χ2v) is 7.58. The van der Waals surface area contributed by atoms with E-state index >= 15 is 0 Å². The van der Waals surface area contributed by atoms with Gasteiger partial charge in [-0.2, -0.15) is 0 Å². The van der Waals surface area contributed by atoms with Crippen LogP contribution in [0.25, 0.3) is 0 Å². The van der Waals surface area contributed by atoms with Gasteiger partial charge in [-0.3, -0.25) is 4.79 Å². The summed E-state index contributed by atoms with van der Waals surface area (Å²) < 4.78 is 23.2. The number of rotatable bonds is 7. The summed E-state index contributed by atoms with van der Waals surface area (Å²) >= 11 is 0. The molecule has 0 aromatic heterocycles. The number of carbonyl (C=O) groups excluding carboxylic acids is 1. The molecule has 1 atom stereocenters. The Kier molecular flexibility index (Phi) is 9.42. The first kappa shape index (κ1) is 19.7. The fourth-order valence-corrected chi connectivity index (χ4v) is 3.99. The van der Waals surface area contributed by atoms with Gasteiger partial charge in [-0.1, -0.05) is 26.2 Å². The molecule has 1 fully saturated rings. The highest BCUT2D eigenvalue weighted by molar-refractivity contribution is 7.92. The summed E-state index contributed by atoms with van der Waals surface area (Å²) in [5.74, 6) is -0.354. The lowest BCUT2D eigenvalue weighted by Crippen LogP contribution is -2.47. The van der Waals surface area contributed by atoms with Crippen molar-refractivity contribution < 1.29 is 13.2 Å². The van der Waals surface area contributed by atoms with Crippen LogP contribution in [-0.4, -0.2) is 38.4 Å². The summed E-state index contributed by atoms with van der Waals surface area (Å²) in [4.78, 5) is 11.8. The third-order valence-electron chi connectivity index (χ3n) is 3.69. The lowest BCUT2D eigenvalue weighted by molar-refractivity contribution is -0.119. The number of hydrogen-bond acceptors (Lipinski definition) is 4. The van der Waals surface area contributed by atoms with E-state index in [1.807, 2.05) is 0 Å². The Balaban J connectivity index is 0.00000361. The van der Waals surface area contributed by atoms with E-state index in [2.05, 4.69) is 5.32 Å². The van der Waals surface area contributed by atoms with Crippen molar-refractivity contribution in [2.45, 2.75) is 51.5 Å². The molecule has 1 aliphatic carbocycles. The Morgan fingerprint density at radius 1 is 1.30 bits per heavy atom. The van der Waals surface area contributed by atoms with Gasteiger partial charge < -0.3 is 11.1 Å². The van der Waals surface area contributed by atoms with Gasteiger partial charge in [0.15, 0.2) is 9.84 Å². The molecule has 1 aliphatic rings. The molecule has 20 heavy (non-hydrogen) atoms. The molecule has 0 aliphatic heterocycles. The molecule has 5 nitrogen and oxygen atoms in total. The van der Waals surface area contributed by atoms with Crippen LogP contribution in [0.5, 0.6) is 0 Å². The van der Waals surface area contributed by atoms with Crippen LogP contribution in [0.2, 0.25) is 0 Å². The third kappa shape index (κ3) is 6.90. The molecule has 0 spiro atoms. The van der Waals surface area contributed by atoms with Crippen LogP contribution in [-0.2, 0) is 14.6 Å². The Labute approximate surface area is 128 Å². The minimum atomic E-state index is -3.27. The molecule has 0 bridgehead atoms. The Hall–Kier alpha value is -0.330. The highest BCUT2D eigenvalue weighted by Crippen LogP contribution is 2.26. The van der Waals surface area contributed by atoms with E-state index in [-0.39, 0.29) is 24.2 Å². The van der Waals surface area contributed by atoms with Crippen LogP contribution in [0.15, 0.2) is 0 Å². The van der Waals surface area contributed by atoms with Crippen molar-refractivity contribution in [1.82, 2.24) is 5.32 Å². The average Bonchev–Trinajstić information content (AvgIpc) is 2.36. The van der Waals surface area contributed by atoms with Gasteiger partial charge in [0, 0.05) is 12.6 Å². The number of nitrogens with two attached hydrogens (primary N) is 1. The molecule has 120 valence electrons. The zero-order chi connectivity index (χ0) is 14.3. The van der Waals surface area contributed by atoms with Crippen molar-refractivity contribution in [2.24, 2.45) is 11.7 Å². The molecule has 0 radical (unpaired) electrons. The van der Waals surface area contributed by atoms with Gasteiger partial charge in [0.25, 0.3) is 0 Å². The number of sulfone groups is 1. The summed E-state index contributed by atoms with van der Waals surface area (Å²) in [5.41, 5.74) is 5.71. The molecule has 1 saturated carbocycles. The lowest BCUT2D eigenvalue weighted by Gasteiger charge is -2.30. The molecule has 0 saturated heterocycles. The molecule has 0 aromatic rings. The second-order valence-electron chi connectivity index (χ2n) is 5.40. The normalized spacial score (nSPS) is 18.1. The lowest BCUT2D eigenvalue weighted by atomic mass is 9.84. The number of amides is 1. The first-order valence-electron chi connectivity index (χ1n) is 7.18. The van der Waals surface area contributed by atoms with Crippen molar-refractivity contribution >= 4 is 28.2 Å². The van der Waals surface area contributed by atoms with Crippen LogP contribution in [0.1, 0.15) is 45.4 Å². The molecule has 3 N–H and O–H groups in total. The van der Waals surface area contributed by atoms with Crippen LogP contribution in [0.4, 0.5) is 0 Å². The molecular weight excluding hydrogens is 300 g/mol. The maximum atomic E-state index is 11.8. The van der Waals surface area contributed by atoms with Crippen LogP contribution >= 0.6 is 12.4 Å². The average molecular weight is 327 g/mol. The van der Waals surface area contributed by atoms with E-state index in [4.69, 9.17) is 5.73 Å². The van der Waals surface area contributed by atoms with Gasteiger partial charge in [-0.05, 0) is 25.2 Å². The van der Waals surface area contributed by atoms with Crippen LogP contribution < -0.4 is 11.1 Å². The van der Waals surface area contributed by atoms with Gasteiger partial charge in [-0.15, -0.1) is 12.4 Å². The predicted octanol–water partition coefficient (Wildman–Crippen LogP) is 1.26. The summed E-state index contributed by atoms with van der Waals surface area (Å²) in [6, 6.07) is -0.0790. The zero-order valence-corrected chi connectivity index (χ0v) is 13.8. The molecule has 0 heterocycles. The van der Waals surface area contributed by atoms with E-state index in [1.54, 1.807) is 6.92 Å². The van der Waals surface area contributed by atoms with Gasteiger partial charge in [-0.25, -0.2) is 8.42 Å². The van der Waals surface area contributed by atoms with Crippen LogP contribution in [0.3, 0.4) is 0 Å². The minimum Gasteiger partial charge on any atom is -0.351 e. The van der Waals surface area contributed by atoms with E-state index in [0.717, 1.165) is 12.8 Å². The zero-order valence-electron chi connectivity index (χ0n) is 12.1. The van der Waals surface area contributed by atoms with Crippen LogP contribution in [0, 0.1) is 5.92 Å². The topological polar surface area (TPSA) is 89.3 Å². The minimum absolute atomic E-state index is 0. The molecule has 1 amide bonds. The summed E-state index contributed by atoms with van der Waals surface area (Å²) in [6.45, 7) is 2.17. The van der Waals surface area contributed by atoms with E-state index in [9.17, 15) is 13.2 Å². The number of carbonyl (C=O) groups is 1. The van der Waals surface area contributed by atoms with Gasteiger partial charge in [0.05, 0.1) is 5.75 Å². The first-order valence-corrected chi connectivity index (χ1v) is 9.00. The van der Waals surface area contributed by atoms with E-state index < -0.39 is 21.5 Å². The highest BCUT2D eigenvalue weighted by Gasteiger charge is 2.25. The summed E-state index contributed by atoms with van der Waals surface area (Å²) in [5, 5.41) is 2.81. The number of hydrogen-bond donors (Lipinski definition) is 2. The van der Waals surface area contributed by atoms with Crippen molar-refractivity contribution in [3.63, 3.8) is 0 Å². The smallest absolute Gasteiger partial charge is 0.235 e. The molecule has 1 rings (SSSR count). The molecule has 1 unspecified atom stereocenters. The van der Waals surface area contributed by atoms with E-state index in [1.165, 1.54) is 19.3 Å². The number of nitrogens with one attached hydrogen (secondary N) is 1. The predicted molar refractivity (Wildman–Crippen MR) is 83.8 cm³/mol. The number of halogens is 1. The largest absolute Gasteiger partial charge is 0.351 e. The van der Waals surface area contributed by atoms with Crippen molar-refractivity contribution in [3.05, 3.63) is 0 Å². The summed E-state index contributed by atoms with van der Waals surface area (Å²) in [7, 11) is -3.27. The van der Waals surface area contributed by atoms with Gasteiger partial charge in [0.1, 0.15) is 5.75 Å². The molecule has 0 aromatic carbocycles. The monoisotopic (exact) mass is 326 g/mol. The summed E-state index contributed by atoms with van der Waals surface area (Å²) in [6.07, 6.45) is 6.27. The SMILES string of the molecule is CCCS(=O)(=O)CC(=O)NC(CN)C1CCCCC1.Cl. The van der Waals surface area contributed by atoms with Crippen molar-refractivity contribution in [1.29, 1.82) is 0 Å². The molecular formula is C13H27ClN2O3S.